The van der Waals surface area contributed by atoms with Crippen LogP contribution in [0, 0.1) is 23.5 Å². The lowest BCUT2D eigenvalue weighted by Gasteiger charge is -2.31. The molecule has 238 valence electrons. The molecule has 2 heterocycles. The lowest BCUT2D eigenvalue weighted by atomic mass is 10.0. The van der Waals surface area contributed by atoms with Crippen LogP contribution < -0.4 is 5.32 Å². The Balaban J connectivity index is 1.57. The van der Waals surface area contributed by atoms with Crippen LogP contribution in [0.4, 0.5) is 13.6 Å². The highest BCUT2D eigenvalue weighted by Crippen LogP contribution is 2.33. The number of fused-ring (bicyclic) bond motifs is 1. The highest BCUT2D eigenvalue weighted by atomic mass is 32.2. The molecule has 0 radical (unpaired) electrons. The van der Waals surface area contributed by atoms with Crippen molar-refractivity contribution in [1.82, 2.24) is 9.62 Å². The van der Waals surface area contributed by atoms with Crippen LogP contribution in [0.3, 0.4) is 0 Å². The van der Waals surface area contributed by atoms with E-state index in [2.05, 4.69) is 5.32 Å². The van der Waals surface area contributed by atoms with Crippen LogP contribution in [0.25, 0.3) is 0 Å². The van der Waals surface area contributed by atoms with Crippen molar-refractivity contribution >= 4 is 16.1 Å². The number of sulfonamides is 1. The van der Waals surface area contributed by atoms with Crippen molar-refractivity contribution in [1.29, 1.82) is 0 Å². The molecule has 0 aromatic heterocycles. The van der Waals surface area contributed by atoms with Gasteiger partial charge < -0.3 is 29.7 Å². The number of nitrogens with one attached hydrogen (secondary N) is 1. The molecule has 43 heavy (non-hydrogen) atoms. The maximum Gasteiger partial charge on any atom is 0.407 e. The Kier molecular flexibility index (Phi) is 11.1. The maximum atomic E-state index is 14.0. The fourth-order valence-corrected chi connectivity index (χ4v) is 6.87. The summed E-state index contributed by atoms with van der Waals surface area (Å²) in [6.45, 7) is 5.62. The van der Waals surface area contributed by atoms with Gasteiger partial charge in [-0.25, -0.2) is 22.0 Å². The van der Waals surface area contributed by atoms with E-state index >= 15 is 0 Å². The zero-order chi connectivity index (χ0) is 31.3. The number of carbonyl (C=O) groups excluding carboxylic acids is 1. The molecule has 13 heteroatoms. The number of aliphatic hydroxyl groups is 2. The summed E-state index contributed by atoms with van der Waals surface area (Å²) in [6.07, 6.45) is -3.08. The van der Waals surface area contributed by atoms with Crippen molar-refractivity contribution in [2.45, 2.75) is 75.6 Å². The molecule has 1 amide bonds. The molecule has 0 unspecified atom stereocenters. The summed E-state index contributed by atoms with van der Waals surface area (Å²) in [5.74, 6) is -1.87. The zero-order valence-electron chi connectivity index (χ0n) is 24.5. The van der Waals surface area contributed by atoms with Crippen LogP contribution in [0.15, 0.2) is 47.4 Å². The van der Waals surface area contributed by atoms with Crippen molar-refractivity contribution in [3.8, 4) is 0 Å². The fraction of sp³-hybridized carbons (Fsp3) is 0.567. The molecular weight excluding hydrogens is 586 g/mol. The molecule has 2 aromatic carbocycles. The third kappa shape index (κ3) is 8.49. The Hall–Kier alpha value is -2.68. The number of hydrogen-bond donors (Lipinski definition) is 3. The molecule has 7 atom stereocenters. The summed E-state index contributed by atoms with van der Waals surface area (Å²) in [5.41, 5.74) is 0.695. The molecule has 3 N–H and O–H groups in total. The van der Waals surface area contributed by atoms with Gasteiger partial charge in [-0.2, -0.15) is 4.31 Å². The number of amides is 1. The molecule has 2 aliphatic rings. The summed E-state index contributed by atoms with van der Waals surface area (Å²) in [6, 6.07) is 7.51. The van der Waals surface area contributed by atoms with Crippen LogP contribution in [-0.4, -0.2) is 79.9 Å². The Morgan fingerprint density at radius 2 is 1.77 bits per heavy atom. The number of rotatable bonds is 13. The predicted molar refractivity (Wildman–Crippen MR) is 152 cm³/mol. The van der Waals surface area contributed by atoms with E-state index in [0.29, 0.717) is 31.1 Å². The molecule has 2 aromatic rings. The molecule has 2 fully saturated rings. The minimum Gasteiger partial charge on any atom is -0.443 e. The Morgan fingerprint density at radius 3 is 2.40 bits per heavy atom. The van der Waals surface area contributed by atoms with Crippen LogP contribution in [0.1, 0.15) is 50.8 Å². The summed E-state index contributed by atoms with van der Waals surface area (Å²) in [4.78, 5) is 13.0. The second-order valence-electron chi connectivity index (χ2n) is 11.3. The molecule has 10 nitrogen and oxygen atoms in total. The van der Waals surface area contributed by atoms with E-state index in [-0.39, 0.29) is 41.9 Å². The monoisotopic (exact) mass is 626 g/mol. The summed E-state index contributed by atoms with van der Waals surface area (Å²) >= 11 is 0. The molecule has 0 spiro atoms. The SMILES string of the molecule is CC[C@H](C)CN(C[C@@H](O)[C@H](Cc1cc(F)cc(F)c1)NC(=O)O[C@H]1CO[C@H]2OCC[C@H]21)S(=O)(=O)c1ccc([C@H](C)O)cc1. The van der Waals surface area contributed by atoms with Gasteiger partial charge in [0.1, 0.15) is 17.7 Å². The Bertz CT molecular complexity index is 1320. The predicted octanol–water partition coefficient (Wildman–Crippen LogP) is 3.51. The van der Waals surface area contributed by atoms with E-state index < -0.39 is 64.9 Å². The number of ether oxygens (including phenoxy) is 3. The normalized spacial score (nSPS) is 23.0. The standard InChI is InChI=1S/C30H40F2N2O8S/c1-4-18(2)15-34(43(38,39)24-7-5-21(6-8-24)19(3)35)16-27(36)26(13-20-11-22(31)14-23(32)12-20)33-30(37)42-28-17-41-29-25(28)9-10-40-29/h5-8,11-12,14,18-19,25-29,35-36H,4,9-10,13,15-17H2,1-3H3,(H,33,37)/t18-,19-,25-,26-,27+,28-,29+/m0/s1. The van der Waals surface area contributed by atoms with Crippen LogP contribution in [0.2, 0.25) is 0 Å². The summed E-state index contributed by atoms with van der Waals surface area (Å²) in [7, 11) is -4.12. The first-order valence-corrected chi connectivity index (χ1v) is 15.9. The number of alkyl carbamates (subject to hydrolysis) is 1. The largest absolute Gasteiger partial charge is 0.443 e. The Morgan fingerprint density at radius 1 is 1.09 bits per heavy atom. The smallest absolute Gasteiger partial charge is 0.407 e. The van der Waals surface area contributed by atoms with E-state index in [1.807, 2.05) is 13.8 Å². The second kappa shape index (κ2) is 14.4. The third-order valence-electron chi connectivity index (χ3n) is 7.99. The first kappa shape index (κ1) is 33.2. The van der Waals surface area contributed by atoms with Gasteiger partial charge in [-0.05, 0) is 61.1 Å². The van der Waals surface area contributed by atoms with Crippen molar-refractivity contribution in [2.24, 2.45) is 11.8 Å². The van der Waals surface area contributed by atoms with E-state index in [0.717, 1.165) is 16.4 Å². The zero-order valence-corrected chi connectivity index (χ0v) is 25.3. The number of aliphatic hydroxyl groups excluding tert-OH is 2. The molecule has 4 rings (SSSR count). The molecule has 2 aliphatic heterocycles. The number of carbonyl (C=O) groups is 1. The highest BCUT2D eigenvalue weighted by Gasteiger charge is 2.44. The van der Waals surface area contributed by atoms with Crippen LogP contribution >= 0.6 is 0 Å². The van der Waals surface area contributed by atoms with Crippen molar-refractivity contribution in [3.05, 3.63) is 65.2 Å². The van der Waals surface area contributed by atoms with Gasteiger partial charge in [0.2, 0.25) is 10.0 Å². The number of halogens is 2. The van der Waals surface area contributed by atoms with Crippen LogP contribution in [-0.2, 0) is 30.7 Å². The third-order valence-corrected chi connectivity index (χ3v) is 9.84. The molecule has 0 aliphatic carbocycles. The number of hydrogen-bond acceptors (Lipinski definition) is 8. The Labute approximate surface area is 251 Å². The lowest BCUT2D eigenvalue weighted by Crippen LogP contribution is -2.51. The molecular formula is C30H40F2N2O8S. The maximum absolute atomic E-state index is 14.0. The first-order valence-electron chi connectivity index (χ1n) is 14.5. The van der Waals surface area contributed by atoms with Crippen LogP contribution in [0.5, 0.6) is 0 Å². The van der Waals surface area contributed by atoms with Gasteiger partial charge in [0.15, 0.2) is 6.29 Å². The topological polar surface area (TPSA) is 135 Å². The molecule has 0 saturated carbocycles. The summed E-state index contributed by atoms with van der Waals surface area (Å²) in [5, 5.41) is 23.8. The van der Waals surface area contributed by atoms with Gasteiger partial charge in [-0.15, -0.1) is 0 Å². The molecule has 2 saturated heterocycles. The molecule has 0 bridgehead atoms. The van der Waals surface area contributed by atoms with Crippen molar-refractivity contribution < 1.29 is 46.4 Å². The minimum atomic E-state index is -4.12. The summed E-state index contributed by atoms with van der Waals surface area (Å²) < 4.78 is 73.2. The van der Waals surface area contributed by atoms with Gasteiger partial charge >= 0.3 is 6.09 Å². The second-order valence-corrected chi connectivity index (χ2v) is 13.3. The van der Waals surface area contributed by atoms with E-state index in [1.165, 1.54) is 24.3 Å². The van der Waals surface area contributed by atoms with E-state index in [4.69, 9.17) is 14.2 Å². The average Bonchev–Trinajstić information content (AvgIpc) is 3.57. The quantitative estimate of drug-likeness (QED) is 0.308. The van der Waals surface area contributed by atoms with E-state index in [1.54, 1.807) is 6.92 Å². The van der Waals surface area contributed by atoms with Crippen molar-refractivity contribution in [2.75, 3.05) is 26.3 Å². The minimum absolute atomic E-state index is 0.0295. The number of benzene rings is 2. The fourth-order valence-electron chi connectivity index (χ4n) is 5.29. The number of nitrogens with zero attached hydrogens (tertiary/aromatic N) is 1. The van der Waals surface area contributed by atoms with Gasteiger partial charge in [0.05, 0.1) is 42.3 Å². The lowest BCUT2D eigenvalue weighted by molar-refractivity contribution is -0.0907. The van der Waals surface area contributed by atoms with Gasteiger partial charge in [0, 0.05) is 19.2 Å². The first-order chi connectivity index (χ1) is 20.4. The average molecular weight is 627 g/mol. The van der Waals surface area contributed by atoms with Gasteiger partial charge in [-0.3, -0.25) is 0 Å². The van der Waals surface area contributed by atoms with Gasteiger partial charge in [0.25, 0.3) is 0 Å². The van der Waals surface area contributed by atoms with Gasteiger partial charge in [-0.1, -0.05) is 32.4 Å². The van der Waals surface area contributed by atoms with E-state index in [9.17, 15) is 32.2 Å². The van der Waals surface area contributed by atoms with Crippen molar-refractivity contribution in [3.63, 3.8) is 0 Å². The highest BCUT2D eigenvalue weighted by molar-refractivity contribution is 7.89.